The van der Waals surface area contributed by atoms with Gasteiger partial charge >= 0.3 is 0 Å². The van der Waals surface area contributed by atoms with E-state index in [1.54, 1.807) is 12.3 Å². The molecule has 1 amide bonds. The van der Waals surface area contributed by atoms with Crippen molar-refractivity contribution in [1.29, 1.82) is 0 Å². The van der Waals surface area contributed by atoms with Gasteiger partial charge in [0.25, 0.3) is 0 Å². The minimum atomic E-state index is -0.197. The van der Waals surface area contributed by atoms with Gasteiger partial charge in [-0.05, 0) is 42.8 Å². The zero-order valence-corrected chi connectivity index (χ0v) is 17.7. The van der Waals surface area contributed by atoms with Crippen LogP contribution in [0.5, 0.6) is 0 Å². The van der Waals surface area contributed by atoms with E-state index in [2.05, 4.69) is 15.5 Å². The molecule has 0 bridgehead atoms. The normalized spacial score (nSPS) is 11.9. The quantitative estimate of drug-likeness (QED) is 0.404. The molecular formula is C22H19ClN4O2S. The van der Waals surface area contributed by atoms with Gasteiger partial charge < -0.3 is 9.73 Å². The van der Waals surface area contributed by atoms with E-state index in [0.717, 1.165) is 11.3 Å². The van der Waals surface area contributed by atoms with Crippen LogP contribution in [0.1, 0.15) is 18.5 Å². The van der Waals surface area contributed by atoms with E-state index in [1.165, 1.54) is 11.8 Å². The van der Waals surface area contributed by atoms with E-state index in [9.17, 15) is 4.79 Å². The van der Waals surface area contributed by atoms with E-state index in [1.807, 2.05) is 72.2 Å². The Kier molecular flexibility index (Phi) is 6.21. The molecule has 2 aromatic carbocycles. The number of amides is 1. The van der Waals surface area contributed by atoms with Crippen LogP contribution in [0.2, 0.25) is 5.02 Å². The van der Waals surface area contributed by atoms with Gasteiger partial charge in [-0.2, -0.15) is 0 Å². The van der Waals surface area contributed by atoms with Crippen molar-refractivity contribution >= 4 is 29.3 Å². The Morgan fingerprint density at radius 3 is 2.60 bits per heavy atom. The summed E-state index contributed by atoms with van der Waals surface area (Å²) in [5.74, 6) is 1.26. The lowest BCUT2D eigenvalue weighted by molar-refractivity contribution is -0.119. The van der Waals surface area contributed by atoms with Gasteiger partial charge in [-0.25, -0.2) is 0 Å². The van der Waals surface area contributed by atoms with Crippen LogP contribution in [-0.4, -0.2) is 26.4 Å². The van der Waals surface area contributed by atoms with Crippen LogP contribution >= 0.6 is 23.4 Å². The number of halogens is 1. The number of rotatable bonds is 7. The highest BCUT2D eigenvalue weighted by Gasteiger charge is 2.19. The predicted molar refractivity (Wildman–Crippen MR) is 118 cm³/mol. The summed E-state index contributed by atoms with van der Waals surface area (Å²) in [4.78, 5) is 12.5. The van der Waals surface area contributed by atoms with Crippen LogP contribution in [-0.2, 0) is 4.79 Å². The maximum Gasteiger partial charge on any atom is 0.230 e. The Labute approximate surface area is 183 Å². The highest BCUT2D eigenvalue weighted by Crippen LogP contribution is 2.28. The van der Waals surface area contributed by atoms with Crippen molar-refractivity contribution in [3.8, 4) is 17.3 Å². The number of para-hydroxylation sites is 1. The molecule has 1 atom stereocenters. The van der Waals surface area contributed by atoms with Crippen LogP contribution in [0.3, 0.4) is 0 Å². The third kappa shape index (κ3) is 4.42. The standard InChI is InChI=1S/C22H19ClN4O2S/c1-15(17-10-5-6-11-18(17)23)24-20(28)14-30-22-26-25-21(19-12-7-13-29-19)27(22)16-8-3-2-4-9-16/h2-13,15H,14H2,1H3,(H,24,28). The Morgan fingerprint density at radius 2 is 1.87 bits per heavy atom. The number of nitrogens with one attached hydrogen (secondary N) is 1. The molecule has 2 heterocycles. The lowest BCUT2D eigenvalue weighted by Crippen LogP contribution is -2.28. The van der Waals surface area contributed by atoms with Crippen molar-refractivity contribution in [2.24, 2.45) is 0 Å². The van der Waals surface area contributed by atoms with Gasteiger partial charge in [-0.3, -0.25) is 9.36 Å². The predicted octanol–water partition coefficient (Wildman–Crippen LogP) is 5.15. The lowest BCUT2D eigenvalue weighted by Gasteiger charge is -2.15. The first-order valence-electron chi connectivity index (χ1n) is 9.35. The summed E-state index contributed by atoms with van der Waals surface area (Å²) < 4.78 is 7.39. The zero-order chi connectivity index (χ0) is 20.9. The van der Waals surface area contributed by atoms with E-state index in [4.69, 9.17) is 16.0 Å². The summed E-state index contributed by atoms with van der Waals surface area (Å²) in [5, 5.41) is 12.8. The number of hydrogen-bond acceptors (Lipinski definition) is 5. The highest BCUT2D eigenvalue weighted by molar-refractivity contribution is 7.99. The Balaban J connectivity index is 1.51. The van der Waals surface area contributed by atoms with Crippen molar-refractivity contribution in [2.45, 2.75) is 18.1 Å². The molecule has 0 aliphatic heterocycles. The van der Waals surface area contributed by atoms with Gasteiger partial charge in [0.1, 0.15) is 0 Å². The molecule has 6 nitrogen and oxygen atoms in total. The van der Waals surface area contributed by atoms with Crippen molar-refractivity contribution < 1.29 is 9.21 Å². The topological polar surface area (TPSA) is 73.0 Å². The molecule has 0 aliphatic carbocycles. The van der Waals surface area contributed by atoms with Crippen LogP contribution in [0.25, 0.3) is 17.3 Å². The van der Waals surface area contributed by atoms with Crippen LogP contribution in [0.15, 0.2) is 82.6 Å². The molecule has 1 unspecified atom stereocenters. The minimum Gasteiger partial charge on any atom is -0.461 e. The maximum absolute atomic E-state index is 12.5. The largest absolute Gasteiger partial charge is 0.461 e. The van der Waals surface area contributed by atoms with Gasteiger partial charge in [0, 0.05) is 10.7 Å². The van der Waals surface area contributed by atoms with Gasteiger partial charge in [-0.15, -0.1) is 10.2 Å². The Morgan fingerprint density at radius 1 is 1.10 bits per heavy atom. The van der Waals surface area contributed by atoms with Gasteiger partial charge in [0.05, 0.1) is 18.1 Å². The fourth-order valence-corrected chi connectivity index (χ4v) is 4.12. The molecule has 0 saturated heterocycles. The third-order valence-corrected chi connectivity index (χ3v) is 5.74. The molecule has 0 aliphatic rings. The first kappa shape index (κ1) is 20.3. The maximum atomic E-state index is 12.5. The first-order chi connectivity index (χ1) is 14.6. The molecule has 8 heteroatoms. The molecule has 4 rings (SSSR count). The van der Waals surface area contributed by atoms with Crippen LogP contribution in [0.4, 0.5) is 0 Å². The summed E-state index contributed by atoms with van der Waals surface area (Å²) in [6.45, 7) is 1.91. The minimum absolute atomic E-state index is 0.116. The number of carbonyl (C=O) groups is 1. The van der Waals surface area contributed by atoms with E-state index in [-0.39, 0.29) is 17.7 Å². The molecule has 152 valence electrons. The molecule has 0 radical (unpaired) electrons. The number of aromatic nitrogens is 3. The Bertz CT molecular complexity index is 1130. The van der Waals surface area contributed by atoms with Crippen LogP contribution in [0, 0.1) is 0 Å². The average Bonchev–Trinajstić information content (AvgIpc) is 3.43. The fraction of sp³-hybridized carbons (Fsp3) is 0.136. The van der Waals surface area contributed by atoms with E-state index >= 15 is 0 Å². The molecule has 0 spiro atoms. The SMILES string of the molecule is CC(NC(=O)CSc1nnc(-c2ccco2)n1-c1ccccc1)c1ccccc1Cl. The third-order valence-electron chi connectivity index (χ3n) is 4.47. The lowest BCUT2D eigenvalue weighted by atomic mass is 10.1. The summed E-state index contributed by atoms with van der Waals surface area (Å²) in [6.07, 6.45) is 1.59. The fourth-order valence-electron chi connectivity index (χ4n) is 3.06. The van der Waals surface area contributed by atoms with Crippen molar-refractivity contribution in [1.82, 2.24) is 20.1 Å². The second kappa shape index (κ2) is 9.19. The summed E-state index contributed by atoms with van der Waals surface area (Å²) in [6, 6.07) is 20.6. The van der Waals surface area contributed by atoms with E-state index < -0.39 is 0 Å². The molecule has 4 aromatic rings. The summed E-state index contributed by atoms with van der Waals surface area (Å²) >= 11 is 7.54. The van der Waals surface area contributed by atoms with Crippen molar-refractivity contribution in [3.05, 3.63) is 83.6 Å². The number of nitrogens with zero attached hydrogens (tertiary/aromatic N) is 3. The molecule has 1 N–H and O–H groups in total. The van der Waals surface area contributed by atoms with Crippen LogP contribution < -0.4 is 5.32 Å². The number of furan rings is 1. The first-order valence-corrected chi connectivity index (χ1v) is 10.7. The van der Waals surface area contributed by atoms with Crippen molar-refractivity contribution in [3.63, 3.8) is 0 Å². The monoisotopic (exact) mass is 438 g/mol. The highest BCUT2D eigenvalue weighted by atomic mass is 35.5. The Hall–Kier alpha value is -3.03. The number of carbonyl (C=O) groups excluding carboxylic acids is 1. The van der Waals surface area contributed by atoms with Gasteiger partial charge in [0.15, 0.2) is 10.9 Å². The van der Waals surface area contributed by atoms with E-state index in [0.29, 0.717) is 21.8 Å². The number of hydrogen-bond donors (Lipinski definition) is 1. The smallest absolute Gasteiger partial charge is 0.230 e. The number of thioether (sulfide) groups is 1. The molecule has 30 heavy (non-hydrogen) atoms. The molecule has 0 fully saturated rings. The number of benzene rings is 2. The molecule has 0 saturated carbocycles. The molecular weight excluding hydrogens is 420 g/mol. The zero-order valence-electron chi connectivity index (χ0n) is 16.2. The van der Waals surface area contributed by atoms with Crippen molar-refractivity contribution in [2.75, 3.05) is 5.75 Å². The average molecular weight is 439 g/mol. The second-order valence-corrected chi connectivity index (χ2v) is 7.90. The second-order valence-electron chi connectivity index (χ2n) is 6.55. The van der Waals surface area contributed by atoms with Gasteiger partial charge in [-0.1, -0.05) is 59.8 Å². The summed E-state index contributed by atoms with van der Waals surface area (Å²) in [7, 11) is 0. The van der Waals surface area contributed by atoms with Gasteiger partial charge in [0.2, 0.25) is 11.7 Å². The summed E-state index contributed by atoms with van der Waals surface area (Å²) in [5.41, 5.74) is 1.77. The molecule has 2 aromatic heterocycles.